The summed E-state index contributed by atoms with van der Waals surface area (Å²) >= 11 is 3.63. The van der Waals surface area contributed by atoms with Crippen LogP contribution in [0.4, 0.5) is 5.95 Å². The second-order valence-electron chi connectivity index (χ2n) is 8.61. The van der Waals surface area contributed by atoms with E-state index in [1.165, 1.54) is 6.42 Å². The number of hydrogen-bond donors (Lipinski definition) is 1. The van der Waals surface area contributed by atoms with Crippen molar-refractivity contribution in [2.75, 3.05) is 11.9 Å². The quantitative estimate of drug-likeness (QED) is 0.521. The van der Waals surface area contributed by atoms with Gasteiger partial charge in [-0.25, -0.2) is 4.79 Å². The molecule has 2 aliphatic rings. The molecule has 1 aliphatic heterocycles. The van der Waals surface area contributed by atoms with Crippen LogP contribution in [0.5, 0.6) is 11.5 Å². The maximum absolute atomic E-state index is 13.4. The van der Waals surface area contributed by atoms with Crippen LogP contribution in [0.2, 0.25) is 0 Å². The summed E-state index contributed by atoms with van der Waals surface area (Å²) in [4.78, 5) is 13.4. The van der Waals surface area contributed by atoms with Crippen molar-refractivity contribution in [3.05, 3.63) is 33.4 Å². The van der Waals surface area contributed by atoms with Crippen LogP contribution in [-0.2, 0) is 9.53 Å². The van der Waals surface area contributed by atoms with Crippen LogP contribution >= 0.6 is 15.9 Å². The molecule has 1 aromatic heterocycles. The van der Waals surface area contributed by atoms with Crippen LogP contribution in [0.1, 0.15) is 71.4 Å². The highest BCUT2D eigenvalue weighted by molar-refractivity contribution is 9.10. The molecule has 1 unspecified atom stereocenters. The van der Waals surface area contributed by atoms with E-state index >= 15 is 0 Å². The molecular formula is C23H30BrN5O4. The van der Waals surface area contributed by atoms with Crippen LogP contribution < -0.4 is 14.8 Å². The van der Waals surface area contributed by atoms with Crippen molar-refractivity contribution in [2.24, 2.45) is 0 Å². The zero-order chi connectivity index (χ0) is 23.5. The van der Waals surface area contributed by atoms with Crippen molar-refractivity contribution in [1.82, 2.24) is 20.2 Å². The van der Waals surface area contributed by atoms with E-state index in [-0.39, 0.29) is 18.2 Å². The number of nitrogens with one attached hydrogen (secondary N) is 1. The van der Waals surface area contributed by atoms with Crippen molar-refractivity contribution in [3.63, 3.8) is 0 Å². The topological polar surface area (TPSA) is 100 Å². The average molecular weight is 520 g/mol. The number of allylic oxidation sites excluding steroid dienone is 1. The Morgan fingerprint density at radius 3 is 2.73 bits per heavy atom. The summed E-state index contributed by atoms with van der Waals surface area (Å²) in [6.07, 6.45) is 5.05. The van der Waals surface area contributed by atoms with Gasteiger partial charge in [0.2, 0.25) is 5.95 Å². The van der Waals surface area contributed by atoms with Gasteiger partial charge in [0.1, 0.15) is 12.1 Å². The van der Waals surface area contributed by atoms with Crippen molar-refractivity contribution in [1.29, 1.82) is 0 Å². The average Bonchev–Trinajstić information content (AvgIpc) is 3.23. The van der Waals surface area contributed by atoms with Crippen LogP contribution in [0.15, 0.2) is 27.9 Å². The number of nitrogens with zero attached hydrogens (tertiary/aromatic N) is 4. The molecule has 1 fully saturated rings. The zero-order valence-electron chi connectivity index (χ0n) is 19.4. The number of tetrazole rings is 1. The molecule has 1 saturated carbocycles. The molecule has 33 heavy (non-hydrogen) atoms. The highest BCUT2D eigenvalue weighted by atomic mass is 79.9. The number of carbonyl (C=O) groups excluding carboxylic acids is 1. The number of carbonyl (C=O) groups is 1. The molecule has 178 valence electrons. The van der Waals surface area contributed by atoms with Gasteiger partial charge in [0.15, 0.2) is 11.5 Å². The number of esters is 1. The number of halogens is 1. The normalized spacial score (nSPS) is 18.7. The lowest BCUT2D eigenvalue weighted by molar-refractivity contribution is -0.146. The number of rotatable bonds is 7. The minimum absolute atomic E-state index is 0.0282. The fourth-order valence-corrected chi connectivity index (χ4v) is 4.89. The van der Waals surface area contributed by atoms with E-state index in [2.05, 4.69) is 36.8 Å². The monoisotopic (exact) mass is 519 g/mol. The second-order valence-corrected chi connectivity index (χ2v) is 9.46. The third-order valence-corrected chi connectivity index (χ3v) is 6.35. The Balaban J connectivity index is 1.76. The van der Waals surface area contributed by atoms with Gasteiger partial charge in [-0.3, -0.25) is 0 Å². The molecular weight excluding hydrogens is 490 g/mol. The Labute approximate surface area is 202 Å². The van der Waals surface area contributed by atoms with Gasteiger partial charge in [0, 0.05) is 5.70 Å². The van der Waals surface area contributed by atoms with Crippen LogP contribution in [0.25, 0.3) is 0 Å². The Morgan fingerprint density at radius 1 is 1.27 bits per heavy atom. The van der Waals surface area contributed by atoms with Gasteiger partial charge in [-0.15, -0.1) is 0 Å². The number of aromatic nitrogens is 4. The van der Waals surface area contributed by atoms with E-state index in [1.54, 1.807) is 4.68 Å². The lowest BCUT2D eigenvalue weighted by Gasteiger charge is -2.30. The maximum atomic E-state index is 13.4. The summed E-state index contributed by atoms with van der Waals surface area (Å²) in [7, 11) is 0. The van der Waals surface area contributed by atoms with Crippen LogP contribution in [-0.4, -0.2) is 45.0 Å². The van der Waals surface area contributed by atoms with Crippen molar-refractivity contribution >= 4 is 27.8 Å². The molecule has 0 amide bonds. The third-order valence-electron chi connectivity index (χ3n) is 5.76. The summed E-state index contributed by atoms with van der Waals surface area (Å²) in [5.74, 6) is 1.31. The molecule has 0 spiro atoms. The molecule has 0 saturated heterocycles. The van der Waals surface area contributed by atoms with E-state index in [0.29, 0.717) is 35.3 Å². The standard InChI is InChI=1S/C23H30BrN5O4/c1-5-31-18-12-15(11-17(24)21(18)32-13(2)3)20-19(14(4)25-23-26-27-28-29(20)23)22(30)33-16-9-7-6-8-10-16/h11-13,16,20H,5-10H2,1-4H3,(H,25,26,28). The summed E-state index contributed by atoms with van der Waals surface area (Å²) in [6, 6.07) is 3.23. The summed E-state index contributed by atoms with van der Waals surface area (Å²) in [5, 5.41) is 15.2. The van der Waals surface area contributed by atoms with E-state index < -0.39 is 6.04 Å². The SMILES string of the molecule is CCOc1cc(C2C(C(=O)OC3CCCCC3)=C(C)Nc3nnnn32)cc(Br)c1OC(C)C. The van der Waals surface area contributed by atoms with Crippen LogP contribution in [0, 0.1) is 0 Å². The smallest absolute Gasteiger partial charge is 0.338 e. The van der Waals surface area contributed by atoms with E-state index in [4.69, 9.17) is 14.2 Å². The molecule has 2 aromatic rings. The van der Waals surface area contributed by atoms with E-state index in [0.717, 1.165) is 35.7 Å². The molecule has 1 atom stereocenters. The fourth-order valence-electron chi connectivity index (χ4n) is 4.34. The first-order chi connectivity index (χ1) is 15.9. The highest BCUT2D eigenvalue weighted by Crippen LogP contribution is 2.43. The molecule has 9 nitrogen and oxygen atoms in total. The first-order valence-corrected chi connectivity index (χ1v) is 12.3. The van der Waals surface area contributed by atoms with E-state index in [9.17, 15) is 4.79 Å². The Morgan fingerprint density at radius 2 is 2.03 bits per heavy atom. The van der Waals surface area contributed by atoms with Gasteiger partial charge in [-0.1, -0.05) is 11.5 Å². The number of fused-ring (bicyclic) bond motifs is 1. The summed E-state index contributed by atoms with van der Waals surface area (Å²) in [5.41, 5.74) is 1.93. The molecule has 2 heterocycles. The predicted octanol–water partition coefficient (Wildman–Crippen LogP) is 4.79. The predicted molar refractivity (Wildman–Crippen MR) is 126 cm³/mol. The molecule has 1 N–H and O–H groups in total. The lowest BCUT2D eigenvalue weighted by atomic mass is 9.94. The molecule has 0 radical (unpaired) electrons. The number of benzene rings is 1. The molecule has 0 bridgehead atoms. The highest BCUT2D eigenvalue weighted by Gasteiger charge is 2.37. The molecule has 10 heteroatoms. The minimum atomic E-state index is -0.573. The molecule has 1 aromatic carbocycles. The van der Waals surface area contributed by atoms with Crippen LogP contribution in [0.3, 0.4) is 0 Å². The Hall–Kier alpha value is -2.62. The maximum Gasteiger partial charge on any atom is 0.338 e. The number of anilines is 1. The minimum Gasteiger partial charge on any atom is -0.490 e. The number of hydrogen-bond acceptors (Lipinski definition) is 8. The first-order valence-electron chi connectivity index (χ1n) is 11.5. The van der Waals surface area contributed by atoms with E-state index in [1.807, 2.05) is 39.8 Å². The van der Waals surface area contributed by atoms with Gasteiger partial charge in [-0.2, -0.15) is 4.68 Å². The second kappa shape index (κ2) is 10.1. The third kappa shape index (κ3) is 5.00. The van der Waals surface area contributed by atoms with Crippen molar-refractivity contribution in [3.8, 4) is 11.5 Å². The Bertz CT molecular complexity index is 1050. The van der Waals surface area contributed by atoms with Gasteiger partial charge < -0.3 is 19.5 Å². The zero-order valence-corrected chi connectivity index (χ0v) is 21.0. The van der Waals surface area contributed by atoms with Gasteiger partial charge in [-0.05, 0) is 97.4 Å². The largest absolute Gasteiger partial charge is 0.490 e. The van der Waals surface area contributed by atoms with Gasteiger partial charge in [0.05, 0.1) is 22.8 Å². The molecule has 1 aliphatic carbocycles. The molecule has 4 rings (SSSR count). The van der Waals surface area contributed by atoms with Gasteiger partial charge >= 0.3 is 5.97 Å². The summed E-state index contributed by atoms with van der Waals surface area (Å²) < 4.78 is 20.2. The van der Waals surface area contributed by atoms with Gasteiger partial charge in [0.25, 0.3) is 0 Å². The number of ether oxygens (including phenoxy) is 3. The lowest BCUT2D eigenvalue weighted by Crippen LogP contribution is -2.32. The van der Waals surface area contributed by atoms with Crippen molar-refractivity contribution in [2.45, 2.75) is 78.0 Å². The Kier molecular flexibility index (Phi) is 7.21. The first kappa shape index (κ1) is 23.5. The summed E-state index contributed by atoms with van der Waals surface area (Å²) in [6.45, 7) is 8.15. The fraction of sp³-hybridized carbons (Fsp3) is 0.565. The van der Waals surface area contributed by atoms with Crippen molar-refractivity contribution < 1.29 is 19.0 Å².